The van der Waals surface area contributed by atoms with Crippen molar-refractivity contribution in [2.75, 3.05) is 6.54 Å². The lowest BCUT2D eigenvalue weighted by molar-refractivity contribution is 0.0897. The molecular weight excluding hydrogens is 302 g/mol. The molecule has 6 heteroatoms. The van der Waals surface area contributed by atoms with Gasteiger partial charge in [0.05, 0.1) is 5.02 Å². The minimum absolute atomic E-state index is 0. The Bertz CT molecular complexity index is 474. The van der Waals surface area contributed by atoms with E-state index in [0.717, 1.165) is 13.0 Å². The smallest absolute Gasteiger partial charge is 0.251 e. The number of carbonyl (C=O) groups is 1. The lowest BCUT2D eigenvalue weighted by Gasteiger charge is -2.36. The number of piperidine rings is 1. The highest BCUT2D eigenvalue weighted by Crippen LogP contribution is 2.19. The molecule has 1 aromatic carbocycles. The molecule has 1 saturated heterocycles. The molecule has 1 fully saturated rings. The van der Waals surface area contributed by atoms with Crippen molar-refractivity contribution >= 4 is 29.9 Å². The number of rotatable bonds is 2. The molecule has 0 bridgehead atoms. The molecule has 2 N–H and O–H groups in total. The van der Waals surface area contributed by atoms with Crippen molar-refractivity contribution in [1.29, 1.82) is 0 Å². The lowest BCUT2D eigenvalue weighted by Crippen LogP contribution is -2.55. The van der Waals surface area contributed by atoms with Crippen LogP contribution >= 0.6 is 24.0 Å². The van der Waals surface area contributed by atoms with Gasteiger partial charge in [0.15, 0.2) is 0 Å². The van der Waals surface area contributed by atoms with E-state index in [2.05, 4.69) is 24.5 Å². The summed E-state index contributed by atoms with van der Waals surface area (Å²) in [5.74, 6) is -0.315. The van der Waals surface area contributed by atoms with Crippen LogP contribution in [0.25, 0.3) is 0 Å². The fourth-order valence-corrected chi connectivity index (χ4v) is 2.66. The van der Waals surface area contributed by atoms with Crippen LogP contribution in [0.15, 0.2) is 18.2 Å². The normalized spacial score (nSPS) is 25.7. The molecule has 1 aliphatic rings. The van der Waals surface area contributed by atoms with Gasteiger partial charge >= 0.3 is 0 Å². The Morgan fingerprint density at radius 2 is 2.15 bits per heavy atom. The van der Waals surface area contributed by atoms with E-state index in [0.29, 0.717) is 11.5 Å². The van der Waals surface area contributed by atoms with Crippen LogP contribution in [0.3, 0.4) is 0 Å². The van der Waals surface area contributed by atoms with Gasteiger partial charge in [-0.25, -0.2) is 4.39 Å². The molecular formula is C14H19Cl2FN2O. The first-order valence-electron chi connectivity index (χ1n) is 6.48. The summed E-state index contributed by atoms with van der Waals surface area (Å²) in [7, 11) is 0. The number of carbonyl (C=O) groups excluding carboxylic acids is 1. The highest BCUT2D eigenvalue weighted by molar-refractivity contribution is 6.31. The predicted octanol–water partition coefficient (Wildman–Crippen LogP) is 3.02. The summed E-state index contributed by atoms with van der Waals surface area (Å²) in [5, 5.41) is 6.31. The van der Waals surface area contributed by atoms with Crippen LogP contribution in [0.2, 0.25) is 5.02 Å². The van der Waals surface area contributed by atoms with Gasteiger partial charge < -0.3 is 10.6 Å². The second-order valence-corrected chi connectivity index (χ2v) is 5.54. The maximum atomic E-state index is 13.1. The van der Waals surface area contributed by atoms with Crippen molar-refractivity contribution in [2.24, 2.45) is 5.92 Å². The fourth-order valence-electron chi connectivity index (χ4n) is 2.48. The number of halogens is 3. The van der Waals surface area contributed by atoms with Crippen molar-refractivity contribution in [3.63, 3.8) is 0 Å². The average molecular weight is 321 g/mol. The van der Waals surface area contributed by atoms with Crippen LogP contribution in [0.5, 0.6) is 0 Å². The van der Waals surface area contributed by atoms with Crippen LogP contribution in [0, 0.1) is 11.7 Å². The highest BCUT2D eigenvalue weighted by Gasteiger charge is 2.28. The van der Waals surface area contributed by atoms with Crippen molar-refractivity contribution in [3.05, 3.63) is 34.6 Å². The highest BCUT2D eigenvalue weighted by atomic mass is 35.5. The van der Waals surface area contributed by atoms with E-state index >= 15 is 0 Å². The first-order valence-corrected chi connectivity index (χ1v) is 6.86. The zero-order valence-electron chi connectivity index (χ0n) is 11.5. The molecule has 112 valence electrons. The molecule has 0 aliphatic carbocycles. The minimum Gasteiger partial charge on any atom is -0.347 e. The Hall–Kier alpha value is -0.840. The maximum absolute atomic E-state index is 13.1. The first kappa shape index (κ1) is 17.2. The van der Waals surface area contributed by atoms with E-state index in [9.17, 15) is 9.18 Å². The Morgan fingerprint density at radius 1 is 1.45 bits per heavy atom. The summed E-state index contributed by atoms with van der Waals surface area (Å²) in [4.78, 5) is 12.1. The largest absolute Gasteiger partial charge is 0.347 e. The van der Waals surface area contributed by atoms with Gasteiger partial charge in [0, 0.05) is 17.6 Å². The fraction of sp³-hybridized carbons (Fsp3) is 0.500. The summed E-state index contributed by atoms with van der Waals surface area (Å²) >= 11 is 5.69. The first-order chi connectivity index (χ1) is 8.99. The average Bonchev–Trinajstić information content (AvgIpc) is 2.37. The molecule has 20 heavy (non-hydrogen) atoms. The van der Waals surface area contributed by atoms with Gasteiger partial charge in [0.25, 0.3) is 5.91 Å². The van der Waals surface area contributed by atoms with Crippen molar-refractivity contribution < 1.29 is 9.18 Å². The van der Waals surface area contributed by atoms with E-state index in [1.165, 1.54) is 18.2 Å². The van der Waals surface area contributed by atoms with Crippen molar-refractivity contribution in [3.8, 4) is 0 Å². The maximum Gasteiger partial charge on any atom is 0.251 e. The number of hydrogen-bond acceptors (Lipinski definition) is 2. The Kier molecular flexibility index (Phi) is 6.24. The van der Waals surface area contributed by atoms with E-state index in [4.69, 9.17) is 11.6 Å². The third kappa shape index (κ3) is 3.84. The topological polar surface area (TPSA) is 41.1 Å². The third-order valence-electron chi connectivity index (χ3n) is 3.70. The lowest BCUT2D eigenvalue weighted by atomic mass is 9.89. The van der Waals surface area contributed by atoms with Crippen LogP contribution in [-0.4, -0.2) is 24.5 Å². The monoisotopic (exact) mass is 320 g/mol. The molecule has 1 aliphatic heterocycles. The van der Waals surface area contributed by atoms with Gasteiger partial charge in [-0.05, 0) is 44.0 Å². The van der Waals surface area contributed by atoms with Crippen molar-refractivity contribution in [2.45, 2.75) is 32.4 Å². The van der Waals surface area contributed by atoms with Gasteiger partial charge in [-0.2, -0.15) is 0 Å². The van der Waals surface area contributed by atoms with Crippen LogP contribution in [0.4, 0.5) is 4.39 Å². The summed E-state index contributed by atoms with van der Waals surface area (Å²) in [6.07, 6.45) is 1.03. The summed E-state index contributed by atoms with van der Waals surface area (Å²) in [6, 6.07) is 4.32. The molecule has 1 amide bonds. The standard InChI is InChI=1S/C14H18ClFN2O.ClH/c1-8-5-6-17-9(2)13(8)18-14(19)10-3-4-12(16)11(15)7-10;/h3-4,7-9,13,17H,5-6H2,1-2H3,(H,18,19);1H. The second-order valence-electron chi connectivity index (χ2n) is 5.14. The van der Waals surface area contributed by atoms with Gasteiger partial charge in [-0.1, -0.05) is 18.5 Å². The Labute approximate surface area is 129 Å². The number of nitrogens with one attached hydrogen (secondary N) is 2. The quantitative estimate of drug-likeness (QED) is 0.879. The van der Waals surface area contributed by atoms with Gasteiger partial charge in [-0.3, -0.25) is 4.79 Å². The Morgan fingerprint density at radius 3 is 2.75 bits per heavy atom. The molecule has 0 aromatic heterocycles. The molecule has 3 nitrogen and oxygen atoms in total. The third-order valence-corrected chi connectivity index (χ3v) is 3.99. The molecule has 1 heterocycles. The van der Waals surface area contributed by atoms with E-state index in [1.807, 2.05) is 0 Å². The SMILES string of the molecule is CC1CCNC(C)C1NC(=O)c1ccc(F)c(Cl)c1.Cl. The predicted molar refractivity (Wildman–Crippen MR) is 81.2 cm³/mol. The molecule has 2 rings (SSSR count). The molecule has 1 aromatic rings. The summed E-state index contributed by atoms with van der Waals surface area (Å²) < 4.78 is 13.1. The molecule has 0 radical (unpaired) electrons. The molecule has 3 atom stereocenters. The number of amides is 1. The number of benzene rings is 1. The van der Waals surface area contributed by atoms with E-state index < -0.39 is 5.82 Å². The number of hydrogen-bond donors (Lipinski definition) is 2. The molecule has 0 spiro atoms. The van der Waals surface area contributed by atoms with Crippen LogP contribution < -0.4 is 10.6 Å². The van der Waals surface area contributed by atoms with Crippen molar-refractivity contribution in [1.82, 2.24) is 10.6 Å². The summed E-state index contributed by atoms with van der Waals surface area (Å²) in [6.45, 7) is 5.15. The Balaban J connectivity index is 0.00000200. The van der Waals surface area contributed by atoms with E-state index in [-0.39, 0.29) is 35.4 Å². The van der Waals surface area contributed by atoms with Gasteiger partial charge in [0.2, 0.25) is 0 Å². The van der Waals surface area contributed by atoms with E-state index in [1.54, 1.807) is 0 Å². The second kappa shape index (κ2) is 7.25. The van der Waals surface area contributed by atoms with Crippen LogP contribution in [-0.2, 0) is 0 Å². The zero-order valence-corrected chi connectivity index (χ0v) is 13.0. The molecule has 0 saturated carbocycles. The van der Waals surface area contributed by atoms with Crippen LogP contribution in [0.1, 0.15) is 30.6 Å². The van der Waals surface area contributed by atoms with Gasteiger partial charge in [0.1, 0.15) is 5.82 Å². The summed E-state index contributed by atoms with van der Waals surface area (Å²) in [5.41, 5.74) is 0.386. The van der Waals surface area contributed by atoms with Gasteiger partial charge in [-0.15, -0.1) is 12.4 Å². The minimum atomic E-state index is -0.515. The molecule has 3 unspecified atom stereocenters. The zero-order chi connectivity index (χ0) is 14.0.